The Morgan fingerprint density at radius 3 is 2.56 bits per heavy atom. The van der Waals surface area contributed by atoms with E-state index in [1.54, 1.807) is 0 Å². The Labute approximate surface area is 97.6 Å². The molecule has 1 aliphatic carbocycles. The van der Waals surface area contributed by atoms with E-state index in [1.807, 2.05) is 0 Å². The minimum atomic E-state index is -0.0863. The van der Waals surface area contributed by atoms with Crippen LogP contribution < -0.4 is 11.1 Å². The SMILES string of the molecule is NCC1C(=O)NCCN1C1CCCCCC1. The van der Waals surface area contributed by atoms with Crippen molar-refractivity contribution in [1.82, 2.24) is 10.2 Å². The van der Waals surface area contributed by atoms with Gasteiger partial charge < -0.3 is 11.1 Å². The highest BCUT2D eigenvalue weighted by Crippen LogP contribution is 2.24. The van der Waals surface area contributed by atoms with Gasteiger partial charge in [0.2, 0.25) is 5.91 Å². The number of carbonyl (C=O) groups excluding carboxylic acids is 1. The molecule has 0 aromatic heterocycles. The van der Waals surface area contributed by atoms with Crippen molar-refractivity contribution in [2.24, 2.45) is 5.73 Å². The highest BCUT2D eigenvalue weighted by Gasteiger charge is 2.33. The molecule has 0 aromatic carbocycles. The number of piperazine rings is 1. The Hall–Kier alpha value is -0.610. The number of hydrogen-bond acceptors (Lipinski definition) is 3. The molecule has 1 saturated heterocycles. The number of nitrogens with zero attached hydrogens (tertiary/aromatic N) is 1. The smallest absolute Gasteiger partial charge is 0.238 e. The zero-order valence-electron chi connectivity index (χ0n) is 9.95. The molecule has 1 saturated carbocycles. The van der Waals surface area contributed by atoms with Crippen LogP contribution in [0.3, 0.4) is 0 Å². The molecule has 1 heterocycles. The van der Waals surface area contributed by atoms with E-state index in [1.165, 1.54) is 38.5 Å². The Bertz CT molecular complexity index is 236. The molecular weight excluding hydrogens is 202 g/mol. The maximum absolute atomic E-state index is 11.7. The van der Waals surface area contributed by atoms with Gasteiger partial charge in [0.25, 0.3) is 0 Å². The monoisotopic (exact) mass is 225 g/mol. The summed E-state index contributed by atoms with van der Waals surface area (Å²) in [5.74, 6) is 0.123. The predicted molar refractivity (Wildman–Crippen MR) is 64.0 cm³/mol. The van der Waals surface area contributed by atoms with Crippen LogP contribution in [0.1, 0.15) is 38.5 Å². The van der Waals surface area contributed by atoms with Gasteiger partial charge in [-0.2, -0.15) is 0 Å². The summed E-state index contributed by atoms with van der Waals surface area (Å²) in [6.07, 6.45) is 7.79. The minimum Gasteiger partial charge on any atom is -0.353 e. The van der Waals surface area contributed by atoms with Gasteiger partial charge in [0.05, 0.1) is 0 Å². The molecular formula is C12H23N3O. The second-order valence-electron chi connectivity index (χ2n) is 4.93. The van der Waals surface area contributed by atoms with Gasteiger partial charge in [0.15, 0.2) is 0 Å². The lowest BCUT2D eigenvalue weighted by molar-refractivity contribution is -0.130. The Morgan fingerprint density at radius 2 is 1.94 bits per heavy atom. The topological polar surface area (TPSA) is 58.4 Å². The molecule has 0 radical (unpaired) electrons. The third-order valence-electron chi connectivity index (χ3n) is 3.89. The fraction of sp³-hybridized carbons (Fsp3) is 0.917. The van der Waals surface area contributed by atoms with Gasteiger partial charge in [-0.3, -0.25) is 9.69 Å². The van der Waals surface area contributed by atoms with Crippen molar-refractivity contribution in [3.63, 3.8) is 0 Å². The van der Waals surface area contributed by atoms with Crippen molar-refractivity contribution < 1.29 is 4.79 Å². The van der Waals surface area contributed by atoms with Gasteiger partial charge in [-0.05, 0) is 12.8 Å². The lowest BCUT2D eigenvalue weighted by Gasteiger charge is -2.39. The van der Waals surface area contributed by atoms with E-state index in [2.05, 4.69) is 10.2 Å². The van der Waals surface area contributed by atoms with E-state index >= 15 is 0 Å². The van der Waals surface area contributed by atoms with Crippen molar-refractivity contribution in [2.75, 3.05) is 19.6 Å². The van der Waals surface area contributed by atoms with Crippen LogP contribution in [0.2, 0.25) is 0 Å². The quantitative estimate of drug-likeness (QED) is 0.672. The minimum absolute atomic E-state index is 0.0863. The maximum Gasteiger partial charge on any atom is 0.238 e. The summed E-state index contributed by atoms with van der Waals surface area (Å²) >= 11 is 0. The van der Waals surface area contributed by atoms with Gasteiger partial charge in [0, 0.05) is 25.7 Å². The molecule has 4 nitrogen and oxygen atoms in total. The molecule has 16 heavy (non-hydrogen) atoms. The lowest BCUT2D eigenvalue weighted by Crippen LogP contribution is -2.60. The van der Waals surface area contributed by atoms with Crippen molar-refractivity contribution in [3.05, 3.63) is 0 Å². The van der Waals surface area contributed by atoms with Crippen LogP contribution in [-0.2, 0) is 4.79 Å². The highest BCUT2D eigenvalue weighted by molar-refractivity contribution is 5.82. The fourth-order valence-corrected chi connectivity index (χ4v) is 3.00. The van der Waals surface area contributed by atoms with E-state index in [-0.39, 0.29) is 11.9 Å². The van der Waals surface area contributed by atoms with Gasteiger partial charge in [0.1, 0.15) is 6.04 Å². The largest absolute Gasteiger partial charge is 0.353 e. The molecule has 0 bridgehead atoms. The van der Waals surface area contributed by atoms with Crippen LogP contribution in [0.5, 0.6) is 0 Å². The third kappa shape index (κ3) is 2.55. The first kappa shape index (κ1) is 11.9. The molecule has 4 heteroatoms. The highest BCUT2D eigenvalue weighted by atomic mass is 16.2. The van der Waals surface area contributed by atoms with Crippen molar-refractivity contribution in [3.8, 4) is 0 Å². The summed E-state index contributed by atoms with van der Waals surface area (Å²) in [6.45, 7) is 2.20. The molecule has 3 N–H and O–H groups in total. The third-order valence-corrected chi connectivity index (χ3v) is 3.89. The number of carbonyl (C=O) groups is 1. The Morgan fingerprint density at radius 1 is 1.25 bits per heavy atom. The number of hydrogen-bond donors (Lipinski definition) is 2. The van der Waals surface area contributed by atoms with E-state index in [0.29, 0.717) is 12.6 Å². The van der Waals surface area contributed by atoms with Crippen molar-refractivity contribution in [2.45, 2.75) is 50.6 Å². The van der Waals surface area contributed by atoms with Crippen LogP contribution in [-0.4, -0.2) is 42.5 Å². The van der Waals surface area contributed by atoms with E-state index in [4.69, 9.17) is 5.73 Å². The molecule has 1 atom stereocenters. The number of nitrogens with one attached hydrogen (secondary N) is 1. The summed E-state index contributed by atoms with van der Waals surface area (Å²) in [4.78, 5) is 14.1. The summed E-state index contributed by atoms with van der Waals surface area (Å²) in [7, 11) is 0. The zero-order chi connectivity index (χ0) is 11.4. The van der Waals surface area contributed by atoms with E-state index < -0.39 is 0 Å². The van der Waals surface area contributed by atoms with Crippen LogP contribution in [0.15, 0.2) is 0 Å². The van der Waals surface area contributed by atoms with Gasteiger partial charge in [-0.25, -0.2) is 0 Å². The van der Waals surface area contributed by atoms with Gasteiger partial charge in [-0.15, -0.1) is 0 Å². The summed E-state index contributed by atoms with van der Waals surface area (Å²) < 4.78 is 0. The molecule has 2 aliphatic rings. The Balaban J connectivity index is 2.01. The molecule has 0 spiro atoms. The van der Waals surface area contributed by atoms with Crippen LogP contribution >= 0.6 is 0 Å². The maximum atomic E-state index is 11.7. The first-order chi connectivity index (χ1) is 7.83. The average Bonchev–Trinajstić information content (AvgIpc) is 2.57. The number of amides is 1. The molecule has 2 fully saturated rings. The van der Waals surface area contributed by atoms with Crippen molar-refractivity contribution >= 4 is 5.91 Å². The molecule has 0 aromatic rings. The van der Waals surface area contributed by atoms with E-state index in [0.717, 1.165) is 13.1 Å². The van der Waals surface area contributed by atoms with Gasteiger partial charge in [-0.1, -0.05) is 25.7 Å². The lowest BCUT2D eigenvalue weighted by atomic mass is 10.0. The zero-order valence-corrected chi connectivity index (χ0v) is 9.95. The molecule has 1 amide bonds. The first-order valence-corrected chi connectivity index (χ1v) is 6.56. The number of rotatable bonds is 2. The summed E-state index contributed by atoms with van der Waals surface area (Å²) in [5, 5.41) is 2.91. The van der Waals surface area contributed by atoms with Crippen LogP contribution in [0.4, 0.5) is 0 Å². The normalized spacial score (nSPS) is 29.8. The molecule has 1 unspecified atom stereocenters. The van der Waals surface area contributed by atoms with Crippen molar-refractivity contribution in [1.29, 1.82) is 0 Å². The average molecular weight is 225 g/mol. The summed E-state index contributed by atoms with van der Waals surface area (Å²) in [5.41, 5.74) is 5.73. The fourth-order valence-electron chi connectivity index (χ4n) is 3.00. The second kappa shape index (κ2) is 5.64. The molecule has 92 valence electrons. The van der Waals surface area contributed by atoms with Crippen LogP contribution in [0.25, 0.3) is 0 Å². The van der Waals surface area contributed by atoms with E-state index in [9.17, 15) is 4.79 Å². The predicted octanol–water partition coefficient (Wildman–Crippen LogP) is 0.468. The number of nitrogens with two attached hydrogens (primary N) is 1. The van der Waals surface area contributed by atoms with Crippen LogP contribution in [0, 0.1) is 0 Å². The second-order valence-corrected chi connectivity index (χ2v) is 4.93. The first-order valence-electron chi connectivity index (χ1n) is 6.56. The standard InChI is InChI=1S/C12H23N3O/c13-9-11-12(16)14-7-8-15(11)10-5-3-1-2-4-6-10/h10-11H,1-9,13H2,(H,14,16). The Kier molecular flexibility index (Phi) is 4.18. The summed E-state index contributed by atoms with van der Waals surface area (Å²) in [6, 6.07) is 0.499. The van der Waals surface area contributed by atoms with Gasteiger partial charge >= 0.3 is 0 Å². The molecule has 1 aliphatic heterocycles. The molecule has 2 rings (SSSR count).